The number of ether oxygens (including phenoxy) is 1. The number of rotatable bonds is 5. The van der Waals surface area contributed by atoms with Crippen molar-refractivity contribution in [2.24, 2.45) is 5.10 Å². The Morgan fingerprint density at radius 2 is 1.92 bits per heavy atom. The third-order valence-electron chi connectivity index (χ3n) is 3.48. The van der Waals surface area contributed by atoms with Crippen molar-refractivity contribution in [2.75, 3.05) is 12.4 Å². The van der Waals surface area contributed by atoms with Gasteiger partial charge in [0.05, 0.1) is 17.8 Å². The van der Waals surface area contributed by atoms with Gasteiger partial charge in [-0.1, -0.05) is 19.1 Å². The largest absolute Gasteiger partial charge is 0.503 e. The molecule has 0 aromatic heterocycles. The monoisotopic (exact) mass is 419 g/mol. The Morgan fingerprint density at radius 1 is 1.23 bits per heavy atom. The quantitative estimate of drug-likeness (QED) is 0.394. The topological polar surface area (TPSA) is 100 Å². The SMILES string of the molecule is CCc1ccc(NC(=O)C(=O)N/N=C\c2cc(Br)c(O)c(OC)c2)cc1. The highest BCUT2D eigenvalue weighted by Gasteiger charge is 2.13. The molecule has 2 amide bonds. The van der Waals surface area contributed by atoms with Gasteiger partial charge in [0.1, 0.15) is 0 Å². The van der Waals surface area contributed by atoms with Crippen LogP contribution >= 0.6 is 15.9 Å². The van der Waals surface area contributed by atoms with Crippen LogP contribution in [0.1, 0.15) is 18.1 Å². The van der Waals surface area contributed by atoms with Gasteiger partial charge >= 0.3 is 11.8 Å². The number of phenolic OH excluding ortho intramolecular Hbond substituents is 1. The maximum atomic E-state index is 11.9. The van der Waals surface area contributed by atoms with E-state index < -0.39 is 11.8 Å². The predicted octanol–water partition coefficient (Wildman–Crippen LogP) is 2.81. The lowest BCUT2D eigenvalue weighted by molar-refractivity contribution is -0.136. The predicted molar refractivity (Wildman–Crippen MR) is 103 cm³/mol. The molecule has 0 unspecified atom stereocenters. The van der Waals surface area contributed by atoms with Crippen molar-refractivity contribution in [1.82, 2.24) is 5.43 Å². The Kier molecular flexibility index (Phi) is 6.74. The van der Waals surface area contributed by atoms with Gasteiger partial charge in [-0.3, -0.25) is 9.59 Å². The van der Waals surface area contributed by atoms with Crippen LogP contribution in [0.2, 0.25) is 0 Å². The lowest BCUT2D eigenvalue weighted by Crippen LogP contribution is -2.32. The van der Waals surface area contributed by atoms with E-state index in [-0.39, 0.29) is 11.5 Å². The molecule has 0 spiro atoms. The number of hydrogen-bond donors (Lipinski definition) is 3. The van der Waals surface area contributed by atoms with Crippen LogP contribution in [-0.2, 0) is 16.0 Å². The summed E-state index contributed by atoms with van der Waals surface area (Å²) in [7, 11) is 1.42. The van der Waals surface area contributed by atoms with Crippen molar-refractivity contribution in [1.29, 1.82) is 0 Å². The number of aromatic hydroxyl groups is 1. The smallest absolute Gasteiger partial charge is 0.329 e. The first kappa shape index (κ1) is 19.5. The standard InChI is InChI=1S/C18H18BrN3O4/c1-3-11-4-6-13(7-5-11)21-17(24)18(25)22-20-10-12-8-14(19)16(23)15(9-12)26-2/h4-10,23H,3H2,1-2H3,(H,21,24)(H,22,25)/b20-10-. The summed E-state index contributed by atoms with van der Waals surface area (Å²) >= 11 is 3.19. The molecular weight excluding hydrogens is 402 g/mol. The van der Waals surface area contributed by atoms with Gasteiger partial charge in [-0.15, -0.1) is 0 Å². The highest BCUT2D eigenvalue weighted by molar-refractivity contribution is 9.10. The molecule has 3 N–H and O–H groups in total. The Bertz CT molecular complexity index is 835. The molecular formula is C18H18BrN3O4. The van der Waals surface area contributed by atoms with Gasteiger partial charge in [-0.25, -0.2) is 5.43 Å². The second-order valence-electron chi connectivity index (χ2n) is 5.26. The normalized spacial score (nSPS) is 10.6. The minimum Gasteiger partial charge on any atom is -0.503 e. The minimum absolute atomic E-state index is 0.0397. The molecule has 0 saturated heterocycles. The van der Waals surface area contributed by atoms with E-state index in [0.29, 0.717) is 15.7 Å². The van der Waals surface area contributed by atoms with Crippen molar-refractivity contribution < 1.29 is 19.4 Å². The van der Waals surface area contributed by atoms with Crippen LogP contribution in [0.3, 0.4) is 0 Å². The van der Waals surface area contributed by atoms with E-state index in [1.54, 1.807) is 18.2 Å². The van der Waals surface area contributed by atoms with Crippen LogP contribution in [0, 0.1) is 0 Å². The molecule has 0 aliphatic carbocycles. The Morgan fingerprint density at radius 3 is 2.54 bits per heavy atom. The molecule has 0 bridgehead atoms. The second-order valence-corrected chi connectivity index (χ2v) is 6.11. The van der Waals surface area contributed by atoms with Crippen LogP contribution in [0.25, 0.3) is 0 Å². The number of aryl methyl sites for hydroxylation is 1. The van der Waals surface area contributed by atoms with Crippen molar-refractivity contribution in [3.8, 4) is 11.5 Å². The van der Waals surface area contributed by atoms with Gasteiger partial charge in [0.25, 0.3) is 0 Å². The fraction of sp³-hybridized carbons (Fsp3) is 0.167. The molecule has 26 heavy (non-hydrogen) atoms. The molecule has 2 aromatic carbocycles. The number of hydrogen-bond acceptors (Lipinski definition) is 5. The number of hydrazone groups is 1. The summed E-state index contributed by atoms with van der Waals surface area (Å²) in [6.07, 6.45) is 2.22. The number of nitrogens with one attached hydrogen (secondary N) is 2. The lowest BCUT2D eigenvalue weighted by Gasteiger charge is -2.06. The number of benzene rings is 2. The number of carbonyl (C=O) groups excluding carboxylic acids is 2. The van der Waals surface area contributed by atoms with E-state index in [2.05, 4.69) is 31.8 Å². The number of carbonyl (C=O) groups is 2. The van der Waals surface area contributed by atoms with Gasteiger partial charge in [0.15, 0.2) is 11.5 Å². The Balaban J connectivity index is 1.95. The summed E-state index contributed by atoms with van der Waals surface area (Å²) in [5.41, 5.74) is 4.36. The van der Waals surface area contributed by atoms with E-state index in [1.165, 1.54) is 19.4 Å². The first-order valence-electron chi connectivity index (χ1n) is 7.74. The summed E-state index contributed by atoms with van der Waals surface area (Å²) in [5.74, 6) is -1.51. The average Bonchev–Trinajstić information content (AvgIpc) is 2.64. The van der Waals surface area contributed by atoms with Crippen LogP contribution in [0.15, 0.2) is 46.0 Å². The van der Waals surface area contributed by atoms with E-state index in [4.69, 9.17) is 4.74 Å². The first-order chi connectivity index (χ1) is 12.4. The van der Waals surface area contributed by atoms with Crippen molar-refractivity contribution >= 4 is 39.6 Å². The third-order valence-corrected chi connectivity index (χ3v) is 4.08. The number of amides is 2. The highest BCUT2D eigenvalue weighted by atomic mass is 79.9. The minimum atomic E-state index is -0.898. The van der Waals surface area contributed by atoms with E-state index >= 15 is 0 Å². The fourth-order valence-corrected chi connectivity index (χ4v) is 2.51. The van der Waals surface area contributed by atoms with Crippen LogP contribution in [-0.4, -0.2) is 30.2 Å². The molecule has 0 aliphatic heterocycles. The van der Waals surface area contributed by atoms with Gasteiger partial charge in [0.2, 0.25) is 0 Å². The number of halogens is 1. The first-order valence-corrected chi connectivity index (χ1v) is 8.53. The summed E-state index contributed by atoms with van der Waals surface area (Å²) in [4.78, 5) is 23.6. The summed E-state index contributed by atoms with van der Waals surface area (Å²) in [6.45, 7) is 2.03. The lowest BCUT2D eigenvalue weighted by atomic mass is 10.1. The molecule has 2 rings (SSSR count). The van der Waals surface area contributed by atoms with Gasteiger partial charge in [0, 0.05) is 5.69 Å². The van der Waals surface area contributed by atoms with Crippen molar-refractivity contribution in [3.63, 3.8) is 0 Å². The Labute approximate surface area is 159 Å². The fourth-order valence-electron chi connectivity index (χ4n) is 2.05. The summed E-state index contributed by atoms with van der Waals surface area (Å²) in [6, 6.07) is 10.3. The molecule has 2 aromatic rings. The summed E-state index contributed by atoms with van der Waals surface area (Å²) in [5, 5.41) is 16.0. The average molecular weight is 420 g/mol. The maximum absolute atomic E-state index is 11.9. The van der Waals surface area contributed by atoms with Gasteiger partial charge in [-0.05, 0) is 57.7 Å². The van der Waals surface area contributed by atoms with Gasteiger partial charge in [-0.2, -0.15) is 5.10 Å². The number of phenols is 1. The van der Waals surface area contributed by atoms with Crippen molar-refractivity contribution in [3.05, 3.63) is 52.0 Å². The molecule has 0 fully saturated rings. The second kappa shape index (κ2) is 9.00. The van der Waals surface area contributed by atoms with Crippen LogP contribution < -0.4 is 15.5 Å². The summed E-state index contributed by atoms with van der Waals surface area (Å²) < 4.78 is 5.44. The van der Waals surface area contributed by atoms with E-state index in [1.807, 2.05) is 19.1 Å². The zero-order valence-electron chi connectivity index (χ0n) is 14.2. The van der Waals surface area contributed by atoms with E-state index in [0.717, 1.165) is 12.0 Å². The number of methoxy groups -OCH3 is 1. The highest BCUT2D eigenvalue weighted by Crippen LogP contribution is 2.34. The molecule has 0 atom stereocenters. The third kappa shape index (κ3) is 5.06. The zero-order valence-corrected chi connectivity index (χ0v) is 15.8. The van der Waals surface area contributed by atoms with Crippen LogP contribution in [0.4, 0.5) is 5.69 Å². The molecule has 136 valence electrons. The number of anilines is 1. The number of nitrogens with zero attached hydrogens (tertiary/aromatic N) is 1. The van der Waals surface area contributed by atoms with Gasteiger partial charge < -0.3 is 15.2 Å². The Hall–Kier alpha value is -2.87. The molecule has 7 nitrogen and oxygen atoms in total. The molecule has 8 heteroatoms. The molecule has 0 saturated carbocycles. The zero-order chi connectivity index (χ0) is 19.1. The molecule has 0 aliphatic rings. The molecule has 0 heterocycles. The van der Waals surface area contributed by atoms with E-state index in [9.17, 15) is 14.7 Å². The van der Waals surface area contributed by atoms with Crippen LogP contribution in [0.5, 0.6) is 11.5 Å². The van der Waals surface area contributed by atoms with Crippen molar-refractivity contribution in [2.45, 2.75) is 13.3 Å². The molecule has 0 radical (unpaired) electrons. The maximum Gasteiger partial charge on any atom is 0.329 e.